The SMILES string of the molecule is CC[C@@H](C)NC(=O)[C@H](C)N(Cc1ccc(C)cc1)C(=O)COc1ccc(C)c(C)c1. The van der Waals surface area contributed by atoms with Crippen molar-refractivity contribution in [2.75, 3.05) is 6.61 Å². The molecule has 162 valence electrons. The number of rotatable bonds is 9. The normalized spacial score (nSPS) is 12.7. The molecule has 1 N–H and O–H groups in total. The van der Waals surface area contributed by atoms with Crippen LogP contribution in [-0.4, -0.2) is 35.4 Å². The Bertz CT molecular complexity index is 861. The Kier molecular flexibility index (Phi) is 8.46. The molecule has 0 aliphatic rings. The average Bonchev–Trinajstić information content (AvgIpc) is 2.73. The lowest BCUT2D eigenvalue weighted by atomic mass is 10.1. The number of carbonyl (C=O) groups excluding carboxylic acids is 2. The van der Waals surface area contributed by atoms with Gasteiger partial charge in [-0.2, -0.15) is 0 Å². The van der Waals surface area contributed by atoms with E-state index in [1.165, 1.54) is 5.56 Å². The maximum atomic E-state index is 13.1. The Balaban J connectivity index is 2.15. The quantitative estimate of drug-likeness (QED) is 0.670. The summed E-state index contributed by atoms with van der Waals surface area (Å²) in [6.07, 6.45) is 0.834. The van der Waals surface area contributed by atoms with Crippen LogP contribution in [-0.2, 0) is 16.1 Å². The monoisotopic (exact) mass is 410 g/mol. The number of hydrogen-bond donors (Lipinski definition) is 1. The van der Waals surface area contributed by atoms with Crippen LogP contribution in [0.3, 0.4) is 0 Å². The van der Waals surface area contributed by atoms with Crippen molar-refractivity contribution in [3.8, 4) is 5.75 Å². The van der Waals surface area contributed by atoms with E-state index >= 15 is 0 Å². The van der Waals surface area contributed by atoms with Crippen LogP contribution in [0, 0.1) is 20.8 Å². The van der Waals surface area contributed by atoms with Crippen LogP contribution >= 0.6 is 0 Å². The summed E-state index contributed by atoms with van der Waals surface area (Å²) in [4.78, 5) is 27.4. The maximum absolute atomic E-state index is 13.1. The summed E-state index contributed by atoms with van der Waals surface area (Å²) < 4.78 is 5.75. The van der Waals surface area contributed by atoms with Gasteiger partial charge < -0.3 is 15.0 Å². The molecule has 0 heterocycles. The van der Waals surface area contributed by atoms with Gasteiger partial charge in [0.05, 0.1) is 0 Å². The van der Waals surface area contributed by atoms with Gasteiger partial charge >= 0.3 is 0 Å². The molecule has 2 aromatic carbocycles. The molecule has 0 saturated carbocycles. The molecule has 5 heteroatoms. The van der Waals surface area contributed by atoms with Crippen molar-refractivity contribution in [2.45, 2.75) is 66.6 Å². The highest BCUT2D eigenvalue weighted by molar-refractivity contribution is 5.88. The zero-order valence-corrected chi connectivity index (χ0v) is 19.0. The summed E-state index contributed by atoms with van der Waals surface area (Å²) >= 11 is 0. The molecule has 5 nitrogen and oxygen atoms in total. The van der Waals surface area contributed by atoms with Gasteiger partial charge in [0, 0.05) is 12.6 Å². The molecule has 2 amide bonds. The van der Waals surface area contributed by atoms with Crippen LogP contribution in [0.1, 0.15) is 49.4 Å². The van der Waals surface area contributed by atoms with Crippen molar-refractivity contribution in [1.82, 2.24) is 10.2 Å². The van der Waals surface area contributed by atoms with Gasteiger partial charge in [-0.3, -0.25) is 9.59 Å². The van der Waals surface area contributed by atoms with Crippen LogP contribution < -0.4 is 10.1 Å². The van der Waals surface area contributed by atoms with Crippen LogP contribution in [0.4, 0.5) is 0 Å². The summed E-state index contributed by atoms with van der Waals surface area (Å²) in [5.74, 6) is 0.273. The first-order valence-electron chi connectivity index (χ1n) is 10.6. The van der Waals surface area contributed by atoms with Crippen LogP contribution in [0.25, 0.3) is 0 Å². The van der Waals surface area contributed by atoms with E-state index in [4.69, 9.17) is 4.74 Å². The smallest absolute Gasteiger partial charge is 0.261 e. The third-order valence-corrected chi connectivity index (χ3v) is 5.48. The predicted molar refractivity (Wildman–Crippen MR) is 120 cm³/mol. The van der Waals surface area contributed by atoms with Crippen LogP contribution in [0.2, 0.25) is 0 Å². The second-order valence-corrected chi connectivity index (χ2v) is 8.04. The van der Waals surface area contributed by atoms with Gasteiger partial charge in [0.15, 0.2) is 6.61 Å². The molecular formula is C25H34N2O3. The first-order chi connectivity index (χ1) is 14.2. The summed E-state index contributed by atoms with van der Waals surface area (Å²) in [7, 11) is 0. The maximum Gasteiger partial charge on any atom is 0.261 e. The Hall–Kier alpha value is -2.82. The topological polar surface area (TPSA) is 58.6 Å². The Morgan fingerprint density at radius 2 is 1.67 bits per heavy atom. The van der Waals surface area contributed by atoms with Crippen molar-refractivity contribution >= 4 is 11.8 Å². The number of benzene rings is 2. The Morgan fingerprint density at radius 3 is 2.27 bits per heavy atom. The average molecular weight is 411 g/mol. The molecule has 0 fully saturated rings. The van der Waals surface area contributed by atoms with E-state index in [2.05, 4.69) is 5.32 Å². The fourth-order valence-electron chi connectivity index (χ4n) is 2.97. The molecule has 0 aliphatic heterocycles. The number of aryl methyl sites for hydroxylation is 3. The minimum atomic E-state index is -0.601. The van der Waals surface area contributed by atoms with E-state index < -0.39 is 6.04 Å². The zero-order valence-electron chi connectivity index (χ0n) is 19.0. The lowest BCUT2D eigenvalue weighted by Crippen LogP contribution is -2.50. The lowest BCUT2D eigenvalue weighted by Gasteiger charge is -2.29. The van der Waals surface area contributed by atoms with E-state index in [0.717, 1.165) is 23.1 Å². The first kappa shape index (κ1) is 23.5. The van der Waals surface area contributed by atoms with Gasteiger partial charge in [-0.15, -0.1) is 0 Å². The van der Waals surface area contributed by atoms with E-state index in [9.17, 15) is 9.59 Å². The van der Waals surface area contributed by atoms with Crippen molar-refractivity contribution in [2.24, 2.45) is 0 Å². The molecular weight excluding hydrogens is 376 g/mol. The molecule has 0 saturated heterocycles. The van der Waals surface area contributed by atoms with Gasteiger partial charge in [-0.1, -0.05) is 42.8 Å². The molecule has 2 rings (SSSR count). The van der Waals surface area contributed by atoms with Crippen molar-refractivity contribution in [3.63, 3.8) is 0 Å². The van der Waals surface area contributed by atoms with Crippen molar-refractivity contribution < 1.29 is 14.3 Å². The Labute approximate surface area is 180 Å². The summed E-state index contributed by atoms with van der Waals surface area (Å²) in [6, 6.07) is 13.2. The molecule has 0 aliphatic carbocycles. The predicted octanol–water partition coefficient (Wildman–Crippen LogP) is 4.32. The molecule has 0 unspecified atom stereocenters. The number of ether oxygens (including phenoxy) is 1. The molecule has 0 aromatic heterocycles. The van der Waals surface area contributed by atoms with Crippen LogP contribution in [0.5, 0.6) is 5.75 Å². The highest BCUT2D eigenvalue weighted by Crippen LogP contribution is 2.17. The van der Waals surface area contributed by atoms with E-state index in [1.54, 1.807) is 11.8 Å². The van der Waals surface area contributed by atoms with E-state index in [1.807, 2.05) is 77.1 Å². The number of nitrogens with zero attached hydrogens (tertiary/aromatic N) is 1. The molecule has 30 heavy (non-hydrogen) atoms. The first-order valence-corrected chi connectivity index (χ1v) is 10.6. The number of amides is 2. The second kappa shape index (κ2) is 10.8. The summed E-state index contributed by atoms with van der Waals surface area (Å²) in [5.41, 5.74) is 4.41. The summed E-state index contributed by atoms with van der Waals surface area (Å²) in [6.45, 7) is 12.0. The third kappa shape index (κ3) is 6.61. The van der Waals surface area contributed by atoms with Gasteiger partial charge in [0.25, 0.3) is 5.91 Å². The highest BCUT2D eigenvalue weighted by Gasteiger charge is 2.27. The Morgan fingerprint density at radius 1 is 1.00 bits per heavy atom. The lowest BCUT2D eigenvalue weighted by molar-refractivity contribution is -0.142. The van der Waals surface area contributed by atoms with Gasteiger partial charge in [0.1, 0.15) is 11.8 Å². The molecule has 0 spiro atoms. The van der Waals surface area contributed by atoms with E-state index in [-0.39, 0.29) is 24.5 Å². The van der Waals surface area contributed by atoms with Crippen molar-refractivity contribution in [1.29, 1.82) is 0 Å². The molecule has 0 bridgehead atoms. The van der Waals surface area contributed by atoms with E-state index in [0.29, 0.717) is 12.3 Å². The summed E-state index contributed by atoms with van der Waals surface area (Å²) in [5, 5.41) is 2.97. The minimum absolute atomic E-state index is 0.0584. The molecule has 2 atom stereocenters. The molecule has 2 aromatic rings. The zero-order chi connectivity index (χ0) is 22.3. The van der Waals surface area contributed by atoms with Crippen LogP contribution in [0.15, 0.2) is 42.5 Å². The fraction of sp³-hybridized carbons (Fsp3) is 0.440. The third-order valence-electron chi connectivity index (χ3n) is 5.48. The van der Waals surface area contributed by atoms with Gasteiger partial charge in [-0.25, -0.2) is 0 Å². The van der Waals surface area contributed by atoms with Gasteiger partial charge in [-0.05, 0) is 69.9 Å². The minimum Gasteiger partial charge on any atom is -0.484 e. The van der Waals surface area contributed by atoms with Gasteiger partial charge in [0.2, 0.25) is 5.91 Å². The fourth-order valence-corrected chi connectivity index (χ4v) is 2.97. The second-order valence-electron chi connectivity index (χ2n) is 8.04. The molecule has 0 radical (unpaired) electrons. The number of nitrogens with one attached hydrogen (secondary N) is 1. The highest BCUT2D eigenvalue weighted by atomic mass is 16.5. The largest absolute Gasteiger partial charge is 0.484 e. The van der Waals surface area contributed by atoms with Crippen molar-refractivity contribution in [3.05, 3.63) is 64.7 Å². The number of carbonyl (C=O) groups is 2. The number of hydrogen-bond acceptors (Lipinski definition) is 3. The standard InChI is InChI=1S/C25H34N2O3/c1-7-20(5)26-25(29)21(6)27(15-22-11-8-17(2)9-12-22)24(28)16-30-23-13-10-18(3)19(4)14-23/h8-14,20-21H,7,15-16H2,1-6H3,(H,26,29)/t20-,21+/m1/s1.